The molecule has 2 heterocycles. The Bertz CT molecular complexity index is 976. The number of hydrogen-bond donors (Lipinski definition) is 5. The lowest BCUT2D eigenvalue weighted by molar-refractivity contribution is -0.170. The average molecular weight is 498 g/mol. The Morgan fingerprint density at radius 2 is 1.68 bits per heavy atom. The summed E-state index contributed by atoms with van der Waals surface area (Å²) in [7, 11) is 0. The molecular formula is C22H27NO10S. The molecule has 0 amide bonds. The quantitative estimate of drug-likeness (QED) is 0.304. The first-order valence-electron chi connectivity index (χ1n) is 10.2. The van der Waals surface area contributed by atoms with E-state index < -0.39 is 36.4 Å². The highest BCUT2D eigenvalue weighted by Crippen LogP contribution is 2.35. The van der Waals surface area contributed by atoms with E-state index in [0.717, 1.165) is 24.6 Å². The molecule has 186 valence electrons. The average Bonchev–Trinajstić information content (AvgIpc) is 3.39. The first kappa shape index (κ1) is 27.1. The van der Waals surface area contributed by atoms with Crippen LogP contribution >= 0.6 is 11.3 Å². The summed E-state index contributed by atoms with van der Waals surface area (Å²) in [6.07, 6.45) is -2.29. The van der Waals surface area contributed by atoms with E-state index in [9.17, 15) is 19.5 Å². The molecule has 0 fully saturated rings. The maximum absolute atomic E-state index is 10.3. The van der Waals surface area contributed by atoms with Crippen LogP contribution in [0.4, 0.5) is 0 Å². The van der Waals surface area contributed by atoms with Crippen molar-refractivity contribution in [2.45, 2.75) is 38.5 Å². The minimum absolute atomic E-state index is 0.162. The topological polar surface area (TPSA) is 174 Å². The molecule has 1 aromatic carbocycles. The van der Waals surface area contributed by atoms with Gasteiger partial charge in [-0.05, 0) is 41.6 Å². The summed E-state index contributed by atoms with van der Waals surface area (Å²) in [4.78, 5) is 34.0. The predicted octanol–water partition coefficient (Wildman–Crippen LogP) is 1.53. The van der Waals surface area contributed by atoms with E-state index in [1.54, 1.807) is 11.3 Å². The molecule has 0 saturated carbocycles. The number of benzene rings is 1. The number of rotatable bonds is 11. The second-order valence-electron chi connectivity index (χ2n) is 7.62. The van der Waals surface area contributed by atoms with Crippen LogP contribution in [0.25, 0.3) is 0 Å². The Morgan fingerprint density at radius 1 is 1.06 bits per heavy atom. The first-order chi connectivity index (χ1) is 16.0. The van der Waals surface area contributed by atoms with E-state index >= 15 is 0 Å². The second-order valence-corrected chi connectivity index (χ2v) is 8.66. The fourth-order valence-electron chi connectivity index (χ4n) is 3.19. The van der Waals surface area contributed by atoms with Crippen LogP contribution in [0, 0.1) is 6.92 Å². The third-order valence-corrected chi connectivity index (χ3v) is 5.75. The maximum Gasteiger partial charge on any atom is 0.336 e. The molecule has 0 bridgehead atoms. The van der Waals surface area contributed by atoms with Gasteiger partial charge in [-0.1, -0.05) is 6.07 Å². The number of fused-ring (bicyclic) bond motifs is 1. The zero-order valence-electron chi connectivity index (χ0n) is 18.5. The van der Waals surface area contributed by atoms with Crippen molar-refractivity contribution in [3.05, 3.63) is 45.6 Å². The fourth-order valence-corrected chi connectivity index (χ4v) is 3.94. The molecule has 2 aromatic rings. The lowest BCUT2D eigenvalue weighted by Gasteiger charge is -2.22. The van der Waals surface area contributed by atoms with Crippen LogP contribution in [0.15, 0.2) is 29.6 Å². The molecule has 11 nitrogen and oxygen atoms in total. The Labute approximate surface area is 199 Å². The van der Waals surface area contributed by atoms with Crippen molar-refractivity contribution in [2.75, 3.05) is 19.9 Å². The molecule has 3 rings (SSSR count). The van der Waals surface area contributed by atoms with Crippen molar-refractivity contribution in [3.8, 4) is 11.5 Å². The Morgan fingerprint density at radius 3 is 2.18 bits per heavy atom. The minimum Gasteiger partial charge on any atom is -0.481 e. The molecule has 0 spiro atoms. The van der Waals surface area contributed by atoms with Gasteiger partial charge in [0.2, 0.25) is 6.79 Å². The third kappa shape index (κ3) is 7.99. The summed E-state index contributed by atoms with van der Waals surface area (Å²) in [6.45, 7) is 4.85. The van der Waals surface area contributed by atoms with Crippen LogP contribution in [0.2, 0.25) is 0 Å². The van der Waals surface area contributed by atoms with Gasteiger partial charge >= 0.3 is 17.9 Å². The maximum atomic E-state index is 10.3. The SMILES string of the molecule is Cc1cc2c(cc1CN(CCO)Cc1cccs1)OCO2.O=C(O)CC(O)(CC(=O)O)C(=O)O. The normalized spacial score (nSPS) is 12.2. The number of aryl methyl sites for hydroxylation is 1. The number of carbonyl (C=O) groups is 3. The molecule has 5 N–H and O–H groups in total. The molecule has 0 atom stereocenters. The zero-order valence-corrected chi connectivity index (χ0v) is 19.3. The van der Waals surface area contributed by atoms with Crippen molar-refractivity contribution in [1.82, 2.24) is 4.90 Å². The first-order valence-corrected chi connectivity index (χ1v) is 11.1. The van der Waals surface area contributed by atoms with Gasteiger partial charge in [0, 0.05) is 24.5 Å². The lowest BCUT2D eigenvalue weighted by atomic mass is 9.96. The van der Waals surface area contributed by atoms with E-state index in [1.807, 2.05) is 6.07 Å². The number of aliphatic hydroxyl groups excluding tert-OH is 1. The van der Waals surface area contributed by atoms with E-state index in [0.29, 0.717) is 13.3 Å². The van der Waals surface area contributed by atoms with Gasteiger partial charge in [0.05, 0.1) is 19.4 Å². The molecule has 34 heavy (non-hydrogen) atoms. The van der Waals surface area contributed by atoms with Gasteiger partial charge in [0.1, 0.15) is 0 Å². The second kappa shape index (κ2) is 12.3. The minimum atomic E-state index is -2.74. The highest BCUT2D eigenvalue weighted by molar-refractivity contribution is 7.09. The van der Waals surface area contributed by atoms with Gasteiger partial charge in [0.15, 0.2) is 17.1 Å². The number of aliphatic carboxylic acids is 3. The van der Waals surface area contributed by atoms with Crippen molar-refractivity contribution < 1.29 is 49.4 Å². The number of carboxylic acid groups (broad SMARTS) is 3. The van der Waals surface area contributed by atoms with Gasteiger partial charge < -0.3 is 35.0 Å². The molecule has 0 unspecified atom stereocenters. The smallest absolute Gasteiger partial charge is 0.336 e. The zero-order chi connectivity index (χ0) is 25.3. The van der Waals surface area contributed by atoms with Crippen molar-refractivity contribution >= 4 is 29.2 Å². The Kier molecular flexibility index (Phi) is 9.81. The molecule has 1 aromatic heterocycles. The Hall–Kier alpha value is -3.19. The van der Waals surface area contributed by atoms with E-state index in [4.69, 9.17) is 29.9 Å². The highest BCUT2D eigenvalue weighted by Gasteiger charge is 2.40. The van der Waals surface area contributed by atoms with E-state index in [1.165, 1.54) is 16.0 Å². The van der Waals surface area contributed by atoms with Gasteiger partial charge in [-0.25, -0.2) is 4.79 Å². The highest BCUT2D eigenvalue weighted by atomic mass is 32.1. The summed E-state index contributed by atoms with van der Waals surface area (Å²) in [5.74, 6) is -3.38. The van der Waals surface area contributed by atoms with Crippen molar-refractivity contribution in [2.24, 2.45) is 0 Å². The molecule has 12 heteroatoms. The summed E-state index contributed by atoms with van der Waals surface area (Å²) in [6, 6.07) is 8.26. The largest absolute Gasteiger partial charge is 0.481 e. The summed E-state index contributed by atoms with van der Waals surface area (Å²) >= 11 is 1.74. The number of ether oxygens (including phenoxy) is 2. The Balaban J connectivity index is 0.000000273. The van der Waals surface area contributed by atoms with Crippen molar-refractivity contribution in [3.63, 3.8) is 0 Å². The predicted molar refractivity (Wildman–Crippen MR) is 120 cm³/mol. The van der Waals surface area contributed by atoms with Crippen LogP contribution in [0.3, 0.4) is 0 Å². The van der Waals surface area contributed by atoms with Crippen LogP contribution in [-0.4, -0.2) is 73.9 Å². The summed E-state index contributed by atoms with van der Waals surface area (Å²) in [5.41, 5.74) is -0.338. The number of thiophene rings is 1. The van der Waals surface area contributed by atoms with Gasteiger partial charge in [-0.2, -0.15) is 0 Å². The monoisotopic (exact) mass is 497 g/mol. The third-order valence-electron chi connectivity index (χ3n) is 4.89. The number of aliphatic hydroxyl groups is 2. The van der Waals surface area contributed by atoms with Crippen molar-refractivity contribution in [1.29, 1.82) is 0 Å². The molecular weight excluding hydrogens is 470 g/mol. The van der Waals surface area contributed by atoms with Crippen LogP contribution < -0.4 is 9.47 Å². The number of nitrogens with zero attached hydrogens (tertiary/aromatic N) is 1. The number of hydrogen-bond acceptors (Lipinski definition) is 9. The van der Waals surface area contributed by atoms with Gasteiger partial charge in [-0.15, -0.1) is 11.3 Å². The van der Waals surface area contributed by atoms with Crippen LogP contribution in [-0.2, 0) is 27.5 Å². The van der Waals surface area contributed by atoms with Gasteiger partial charge in [0.25, 0.3) is 0 Å². The molecule has 0 aliphatic carbocycles. The number of carboxylic acids is 3. The lowest BCUT2D eigenvalue weighted by Crippen LogP contribution is -2.42. The molecule has 0 radical (unpaired) electrons. The molecule has 1 aliphatic rings. The molecule has 1 aliphatic heterocycles. The van der Waals surface area contributed by atoms with Crippen LogP contribution in [0.1, 0.15) is 28.8 Å². The van der Waals surface area contributed by atoms with E-state index in [-0.39, 0.29) is 6.61 Å². The fraction of sp³-hybridized carbons (Fsp3) is 0.409. The summed E-state index contributed by atoms with van der Waals surface area (Å²) in [5, 5.41) is 45.2. The summed E-state index contributed by atoms with van der Waals surface area (Å²) < 4.78 is 10.9. The van der Waals surface area contributed by atoms with Crippen LogP contribution in [0.5, 0.6) is 11.5 Å². The standard InChI is InChI=1S/C16H19NO3S.C6H8O7/c1-12-7-15-16(20-11-19-15)8-13(12)9-17(4-5-18)10-14-3-2-6-21-14;7-3(8)1-6(13,5(11)12)2-4(9)10/h2-3,6-8,18H,4-5,9-11H2,1H3;13H,1-2H2,(H,7,8)(H,9,10)(H,11,12). The van der Waals surface area contributed by atoms with E-state index in [2.05, 4.69) is 35.4 Å². The molecule has 0 saturated heterocycles. The van der Waals surface area contributed by atoms with Gasteiger partial charge in [-0.3, -0.25) is 14.5 Å².